The molecule has 0 aliphatic carbocycles. The first-order valence-electron chi connectivity index (χ1n) is 6.72. The van der Waals surface area contributed by atoms with Crippen LogP contribution in [0.4, 0.5) is 5.82 Å². The Kier molecular flexibility index (Phi) is 5.09. The molecule has 21 heavy (non-hydrogen) atoms. The van der Waals surface area contributed by atoms with Crippen LogP contribution in [-0.4, -0.2) is 27.6 Å². The minimum Gasteiger partial charge on any atom is -0.409 e. The Bertz CT molecular complexity index is 600. The summed E-state index contributed by atoms with van der Waals surface area (Å²) in [7, 11) is 0. The average Bonchev–Trinajstić information content (AvgIpc) is 2.52. The molecule has 0 amide bonds. The van der Waals surface area contributed by atoms with Gasteiger partial charge in [-0.25, -0.2) is 4.98 Å². The Labute approximate surface area is 123 Å². The van der Waals surface area contributed by atoms with E-state index in [9.17, 15) is 0 Å². The maximum Gasteiger partial charge on any atom is 0.140 e. The van der Waals surface area contributed by atoms with Gasteiger partial charge in [0.05, 0.1) is 0 Å². The van der Waals surface area contributed by atoms with Crippen molar-refractivity contribution in [2.75, 3.05) is 11.4 Å². The van der Waals surface area contributed by atoms with Gasteiger partial charge in [0, 0.05) is 38.1 Å². The minimum atomic E-state index is 0.207. The van der Waals surface area contributed by atoms with Crippen molar-refractivity contribution in [2.24, 2.45) is 10.9 Å². The molecule has 0 aliphatic rings. The number of amidine groups is 1. The largest absolute Gasteiger partial charge is 0.409 e. The minimum absolute atomic E-state index is 0.207. The SMILES string of the molecule is Cc1ccnc(N(CCC(N)=NO)Cc2cccnc2)c1. The molecule has 0 bridgehead atoms. The van der Waals surface area contributed by atoms with Gasteiger partial charge in [-0.05, 0) is 36.2 Å². The molecule has 0 atom stereocenters. The number of nitrogens with zero attached hydrogens (tertiary/aromatic N) is 4. The number of aromatic nitrogens is 2. The van der Waals surface area contributed by atoms with E-state index in [4.69, 9.17) is 10.9 Å². The molecule has 6 nitrogen and oxygen atoms in total. The normalized spacial score (nSPS) is 11.4. The first kappa shape index (κ1) is 14.8. The summed E-state index contributed by atoms with van der Waals surface area (Å²) < 4.78 is 0. The van der Waals surface area contributed by atoms with Gasteiger partial charge in [-0.15, -0.1) is 0 Å². The Morgan fingerprint density at radius 2 is 2.24 bits per heavy atom. The molecule has 2 aromatic heterocycles. The molecule has 0 spiro atoms. The lowest BCUT2D eigenvalue weighted by Gasteiger charge is -2.23. The highest BCUT2D eigenvalue weighted by Gasteiger charge is 2.10. The summed E-state index contributed by atoms with van der Waals surface area (Å²) in [6, 6.07) is 7.89. The Morgan fingerprint density at radius 3 is 2.90 bits per heavy atom. The van der Waals surface area contributed by atoms with E-state index >= 15 is 0 Å². The summed E-state index contributed by atoms with van der Waals surface area (Å²) in [4.78, 5) is 10.6. The van der Waals surface area contributed by atoms with Gasteiger partial charge >= 0.3 is 0 Å². The van der Waals surface area contributed by atoms with Crippen molar-refractivity contribution in [1.29, 1.82) is 0 Å². The third-order valence-corrected chi connectivity index (χ3v) is 3.09. The molecule has 2 rings (SSSR count). The Hall–Kier alpha value is -2.63. The molecule has 2 aromatic rings. The average molecular weight is 285 g/mol. The Morgan fingerprint density at radius 1 is 1.38 bits per heavy atom. The molecule has 2 heterocycles. The highest BCUT2D eigenvalue weighted by Crippen LogP contribution is 2.16. The molecule has 0 radical (unpaired) electrons. The molecular formula is C15H19N5O. The first-order chi connectivity index (χ1) is 10.2. The molecule has 0 aliphatic heterocycles. The zero-order valence-electron chi connectivity index (χ0n) is 12.0. The number of anilines is 1. The van der Waals surface area contributed by atoms with Crippen LogP contribution in [0.5, 0.6) is 0 Å². The van der Waals surface area contributed by atoms with Gasteiger partial charge in [-0.2, -0.15) is 0 Å². The second-order valence-electron chi connectivity index (χ2n) is 4.82. The molecule has 0 saturated carbocycles. The topological polar surface area (TPSA) is 87.6 Å². The van der Waals surface area contributed by atoms with Crippen molar-refractivity contribution in [1.82, 2.24) is 9.97 Å². The molecule has 0 aromatic carbocycles. The van der Waals surface area contributed by atoms with Crippen LogP contribution in [-0.2, 0) is 6.54 Å². The van der Waals surface area contributed by atoms with Crippen molar-refractivity contribution < 1.29 is 5.21 Å². The second-order valence-corrected chi connectivity index (χ2v) is 4.82. The van der Waals surface area contributed by atoms with Gasteiger partial charge < -0.3 is 15.8 Å². The number of aryl methyl sites for hydroxylation is 1. The van der Waals surface area contributed by atoms with Crippen molar-refractivity contribution in [2.45, 2.75) is 19.9 Å². The van der Waals surface area contributed by atoms with Gasteiger partial charge in [-0.3, -0.25) is 4.98 Å². The van der Waals surface area contributed by atoms with Crippen molar-refractivity contribution >= 4 is 11.7 Å². The van der Waals surface area contributed by atoms with Crippen LogP contribution in [0.1, 0.15) is 17.5 Å². The Balaban J connectivity index is 2.17. The van der Waals surface area contributed by atoms with E-state index in [1.807, 2.05) is 37.4 Å². The fourth-order valence-electron chi connectivity index (χ4n) is 1.98. The number of rotatable bonds is 6. The first-order valence-corrected chi connectivity index (χ1v) is 6.72. The maximum atomic E-state index is 8.67. The van der Waals surface area contributed by atoms with Crippen molar-refractivity contribution in [3.05, 3.63) is 54.0 Å². The van der Waals surface area contributed by atoms with Gasteiger partial charge in [0.2, 0.25) is 0 Å². The zero-order valence-corrected chi connectivity index (χ0v) is 12.0. The van der Waals surface area contributed by atoms with Gasteiger partial charge in [0.15, 0.2) is 0 Å². The van der Waals surface area contributed by atoms with E-state index in [1.165, 1.54) is 0 Å². The summed E-state index contributed by atoms with van der Waals surface area (Å²) >= 11 is 0. The van der Waals surface area contributed by atoms with E-state index in [1.54, 1.807) is 12.4 Å². The number of nitrogens with two attached hydrogens (primary N) is 1. The smallest absolute Gasteiger partial charge is 0.140 e. The highest BCUT2D eigenvalue weighted by molar-refractivity contribution is 5.80. The van der Waals surface area contributed by atoms with Crippen LogP contribution in [0.3, 0.4) is 0 Å². The molecule has 110 valence electrons. The lowest BCUT2D eigenvalue weighted by molar-refractivity contribution is 0.317. The summed E-state index contributed by atoms with van der Waals surface area (Å²) in [5, 5.41) is 11.7. The van der Waals surface area contributed by atoms with Crippen LogP contribution < -0.4 is 10.6 Å². The van der Waals surface area contributed by atoms with Crippen LogP contribution in [0, 0.1) is 6.92 Å². The third kappa shape index (κ3) is 4.45. The van der Waals surface area contributed by atoms with Gasteiger partial charge in [0.25, 0.3) is 0 Å². The number of hydrogen-bond donors (Lipinski definition) is 2. The van der Waals surface area contributed by atoms with Gasteiger partial charge in [0.1, 0.15) is 11.7 Å². The molecular weight excluding hydrogens is 266 g/mol. The van der Waals surface area contributed by atoms with E-state index in [2.05, 4.69) is 20.0 Å². The lowest BCUT2D eigenvalue weighted by Crippen LogP contribution is -2.28. The van der Waals surface area contributed by atoms with Gasteiger partial charge in [-0.1, -0.05) is 11.2 Å². The van der Waals surface area contributed by atoms with Crippen LogP contribution in [0.2, 0.25) is 0 Å². The fraction of sp³-hybridized carbons (Fsp3) is 0.267. The maximum absolute atomic E-state index is 8.67. The van der Waals surface area contributed by atoms with E-state index in [0.29, 0.717) is 19.5 Å². The quantitative estimate of drug-likeness (QED) is 0.366. The predicted octanol–water partition coefficient (Wildman–Crippen LogP) is 1.93. The fourth-order valence-corrected chi connectivity index (χ4v) is 1.98. The summed E-state index contributed by atoms with van der Waals surface area (Å²) in [5.41, 5.74) is 7.79. The zero-order chi connectivity index (χ0) is 15.1. The van der Waals surface area contributed by atoms with Crippen LogP contribution >= 0.6 is 0 Å². The van der Waals surface area contributed by atoms with E-state index < -0.39 is 0 Å². The molecule has 0 saturated heterocycles. The highest BCUT2D eigenvalue weighted by atomic mass is 16.4. The monoisotopic (exact) mass is 285 g/mol. The molecule has 0 unspecified atom stereocenters. The van der Waals surface area contributed by atoms with E-state index in [0.717, 1.165) is 16.9 Å². The van der Waals surface area contributed by atoms with Crippen molar-refractivity contribution in [3.8, 4) is 0 Å². The second kappa shape index (κ2) is 7.23. The standard InChI is InChI=1S/C15H19N5O/c1-12-4-7-18-15(9-12)20(8-5-14(16)19-21)11-13-3-2-6-17-10-13/h2-4,6-7,9-10,21H,5,8,11H2,1H3,(H2,16,19). The van der Waals surface area contributed by atoms with Crippen LogP contribution in [0.15, 0.2) is 48.0 Å². The number of hydrogen-bond acceptors (Lipinski definition) is 5. The molecule has 6 heteroatoms. The molecule has 3 N–H and O–H groups in total. The summed E-state index contributed by atoms with van der Waals surface area (Å²) in [6.07, 6.45) is 5.82. The van der Waals surface area contributed by atoms with E-state index in [-0.39, 0.29) is 5.84 Å². The predicted molar refractivity (Wildman–Crippen MR) is 82.3 cm³/mol. The summed E-state index contributed by atoms with van der Waals surface area (Å²) in [5.74, 6) is 1.07. The van der Waals surface area contributed by atoms with Crippen LogP contribution in [0.25, 0.3) is 0 Å². The number of pyridine rings is 2. The number of oxime groups is 1. The summed E-state index contributed by atoms with van der Waals surface area (Å²) in [6.45, 7) is 3.31. The molecule has 0 fully saturated rings. The lowest BCUT2D eigenvalue weighted by atomic mass is 10.2. The van der Waals surface area contributed by atoms with Crippen molar-refractivity contribution in [3.63, 3.8) is 0 Å². The third-order valence-electron chi connectivity index (χ3n) is 3.09.